The Bertz CT molecular complexity index is 393. The van der Waals surface area contributed by atoms with Crippen molar-refractivity contribution < 1.29 is 4.79 Å². The predicted octanol–water partition coefficient (Wildman–Crippen LogP) is 1.42. The monoisotopic (exact) mass is 297 g/mol. The zero-order chi connectivity index (χ0) is 12.3. The van der Waals surface area contributed by atoms with E-state index in [1.165, 1.54) is 0 Å². The minimum absolute atomic E-state index is 0.0152. The summed E-state index contributed by atoms with van der Waals surface area (Å²) in [6.45, 7) is 2.15. The van der Waals surface area contributed by atoms with E-state index in [2.05, 4.69) is 26.1 Å². The van der Waals surface area contributed by atoms with Gasteiger partial charge in [0.2, 0.25) is 5.91 Å². The molecule has 1 aromatic carbocycles. The molecule has 4 nitrogen and oxygen atoms in total. The Morgan fingerprint density at radius 2 is 2.18 bits per heavy atom. The predicted molar refractivity (Wildman–Crippen MR) is 71.8 cm³/mol. The number of anilines is 1. The summed E-state index contributed by atoms with van der Waals surface area (Å²) in [4.78, 5) is 13.8. The van der Waals surface area contributed by atoms with Gasteiger partial charge in [-0.1, -0.05) is 15.9 Å². The lowest BCUT2D eigenvalue weighted by Crippen LogP contribution is -2.33. The van der Waals surface area contributed by atoms with E-state index >= 15 is 0 Å². The van der Waals surface area contributed by atoms with Crippen molar-refractivity contribution in [3.63, 3.8) is 0 Å². The molecule has 2 rings (SSSR count). The Labute approximate surface area is 109 Å². The molecule has 1 saturated heterocycles. The Morgan fingerprint density at radius 3 is 2.76 bits per heavy atom. The lowest BCUT2D eigenvalue weighted by molar-refractivity contribution is -0.117. The van der Waals surface area contributed by atoms with Crippen LogP contribution in [0.4, 0.5) is 5.69 Å². The van der Waals surface area contributed by atoms with Crippen LogP contribution >= 0.6 is 15.9 Å². The van der Waals surface area contributed by atoms with E-state index in [4.69, 9.17) is 5.73 Å². The fourth-order valence-corrected chi connectivity index (χ4v) is 2.21. The van der Waals surface area contributed by atoms with Gasteiger partial charge in [0, 0.05) is 29.3 Å². The topological polar surface area (TPSA) is 58.4 Å². The number of nitrogens with one attached hydrogen (secondary N) is 1. The highest BCUT2D eigenvalue weighted by Crippen LogP contribution is 2.14. The quantitative estimate of drug-likeness (QED) is 0.887. The number of carbonyl (C=O) groups excluding carboxylic acids is 1. The minimum Gasteiger partial charge on any atom is -0.326 e. The molecule has 0 bridgehead atoms. The maximum Gasteiger partial charge on any atom is 0.238 e. The third kappa shape index (κ3) is 3.80. The minimum atomic E-state index is 0.0152. The SMILES string of the molecule is N[C@@H]1CCN(CC(=O)Nc2ccc(Br)cc2)C1. The van der Waals surface area contributed by atoms with Crippen molar-refractivity contribution in [2.45, 2.75) is 12.5 Å². The number of nitrogens with two attached hydrogens (primary N) is 1. The normalized spacial score (nSPS) is 20.5. The number of benzene rings is 1. The molecule has 1 amide bonds. The Morgan fingerprint density at radius 1 is 1.47 bits per heavy atom. The molecular weight excluding hydrogens is 282 g/mol. The first-order valence-corrected chi connectivity index (χ1v) is 6.46. The maximum absolute atomic E-state index is 11.8. The maximum atomic E-state index is 11.8. The van der Waals surface area contributed by atoms with Crippen LogP contribution in [-0.4, -0.2) is 36.5 Å². The number of amides is 1. The number of hydrogen-bond acceptors (Lipinski definition) is 3. The van der Waals surface area contributed by atoms with Crippen LogP contribution in [0.5, 0.6) is 0 Å². The Balaban J connectivity index is 1.83. The third-order valence-electron chi connectivity index (χ3n) is 2.80. The largest absolute Gasteiger partial charge is 0.326 e. The summed E-state index contributed by atoms with van der Waals surface area (Å²) in [6, 6.07) is 7.77. The van der Waals surface area contributed by atoms with Crippen LogP contribution in [0, 0.1) is 0 Å². The van der Waals surface area contributed by atoms with E-state index < -0.39 is 0 Å². The van der Waals surface area contributed by atoms with Gasteiger partial charge in [-0.2, -0.15) is 0 Å². The van der Waals surface area contributed by atoms with Crippen molar-refractivity contribution in [1.82, 2.24) is 4.90 Å². The van der Waals surface area contributed by atoms with Crippen molar-refractivity contribution in [3.8, 4) is 0 Å². The van der Waals surface area contributed by atoms with Crippen LogP contribution in [0.3, 0.4) is 0 Å². The molecule has 17 heavy (non-hydrogen) atoms. The molecule has 0 saturated carbocycles. The fraction of sp³-hybridized carbons (Fsp3) is 0.417. The zero-order valence-corrected chi connectivity index (χ0v) is 11.1. The molecule has 1 atom stereocenters. The van der Waals surface area contributed by atoms with Gasteiger partial charge in [-0.3, -0.25) is 9.69 Å². The number of hydrogen-bond donors (Lipinski definition) is 2. The van der Waals surface area contributed by atoms with Gasteiger partial charge in [0.05, 0.1) is 6.54 Å². The number of halogens is 1. The van der Waals surface area contributed by atoms with Gasteiger partial charge in [-0.25, -0.2) is 0 Å². The summed E-state index contributed by atoms with van der Waals surface area (Å²) >= 11 is 3.35. The van der Waals surface area contributed by atoms with E-state index in [1.54, 1.807) is 0 Å². The zero-order valence-electron chi connectivity index (χ0n) is 9.53. The second kappa shape index (κ2) is 5.62. The van der Waals surface area contributed by atoms with Gasteiger partial charge in [-0.05, 0) is 30.7 Å². The summed E-state index contributed by atoms with van der Waals surface area (Å²) < 4.78 is 1.00. The molecule has 0 radical (unpaired) electrons. The summed E-state index contributed by atoms with van der Waals surface area (Å²) in [6.07, 6.45) is 0.978. The lowest BCUT2D eigenvalue weighted by atomic mass is 10.3. The smallest absolute Gasteiger partial charge is 0.238 e. The Hall–Kier alpha value is -0.910. The number of nitrogens with zero attached hydrogens (tertiary/aromatic N) is 1. The van der Waals surface area contributed by atoms with Gasteiger partial charge in [0.1, 0.15) is 0 Å². The molecule has 0 spiro atoms. The molecule has 5 heteroatoms. The fourth-order valence-electron chi connectivity index (χ4n) is 1.94. The van der Waals surface area contributed by atoms with Gasteiger partial charge >= 0.3 is 0 Å². The molecule has 1 aromatic rings. The molecule has 0 unspecified atom stereocenters. The van der Waals surface area contributed by atoms with E-state index in [0.29, 0.717) is 6.54 Å². The molecule has 1 fully saturated rings. The van der Waals surface area contributed by atoms with Crippen LogP contribution in [0.25, 0.3) is 0 Å². The summed E-state index contributed by atoms with van der Waals surface area (Å²) in [5.74, 6) is 0.0152. The first kappa shape index (κ1) is 12.5. The van der Waals surface area contributed by atoms with E-state index in [1.807, 2.05) is 24.3 Å². The summed E-state index contributed by atoms with van der Waals surface area (Å²) in [7, 11) is 0. The van der Waals surface area contributed by atoms with Crippen LogP contribution < -0.4 is 11.1 Å². The average molecular weight is 298 g/mol. The average Bonchev–Trinajstić information content (AvgIpc) is 2.67. The molecule has 1 aliphatic heterocycles. The van der Waals surface area contributed by atoms with E-state index in [0.717, 1.165) is 29.7 Å². The third-order valence-corrected chi connectivity index (χ3v) is 3.33. The highest BCUT2D eigenvalue weighted by molar-refractivity contribution is 9.10. The molecule has 3 N–H and O–H groups in total. The summed E-state index contributed by atoms with van der Waals surface area (Å²) in [5.41, 5.74) is 6.61. The number of rotatable bonds is 3. The standard InChI is InChI=1S/C12H16BrN3O/c13-9-1-3-11(4-2-9)15-12(17)8-16-6-5-10(14)7-16/h1-4,10H,5-8,14H2,(H,15,17)/t10-/m1/s1. The van der Waals surface area contributed by atoms with Crippen molar-refractivity contribution in [2.75, 3.05) is 25.0 Å². The molecule has 1 aliphatic rings. The van der Waals surface area contributed by atoms with Crippen LogP contribution in [0.1, 0.15) is 6.42 Å². The Kier molecular flexibility index (Phi) is 4.15. The summed E-state index contributed by atoms with van der Waals surface area (Å²) in [5, 5.41) is 2.87. The van der Waals surface area contributed by atoms with Gasteiger partial charge in [0.25, 0.3) is 0 Å². The van der Waals surface area contributed by atoms with Crippen molar-refractivity contribution in [3.05, 3.63) is 28.7 Å². The molecule has 0 aliphatic carbocycles. The number of carbonyl (C=O) groups is 1. The first-order chi connectivity index (χ1) is 8.13. The van der Waals surface area contributed by atoms with Gasteiger partial charge in [0.15, 0.2) is 0 Å². The van der Waals surface area contributed by atoms with Crippen LogP contribution in [0.15, 0.2) is 28.7 Å². The second-order valence-electron chi connectivity index (χ2n) is 4.34. The first-order valence-electron chi connectivity index (χ1n) is 5.67. The second-order valence-corrected chi connectivity index (χ2v) is 5.25. The molecule has 92 valence electrons. The highest BCUT2D eigenvalue weighted by Gasteiger charge is 2.20. The van der Waals surface area contributed by atoms with Crippen molar-refractivity contribution in [2.24, 2.45) is 5.73 Å². The number of likely N-dealkylation sites (tertiary alicyclic amines) is 1. The highest BCUT2D eigenvalue weighted by atomic mass is 79.9. The van der Waals surface area contributed by atoms with Gasteiger partial charge in [-0.15, -0.1) is 0 Å². The lowest BCUT2D eigenvalue weighted by Gasteiger charge is -2.14. The van der Waals surface area contributed by atoms with Crippen molar-refractivity contribution in [1.29, 1.82) is 0 Å². The van der Waals surface area contributed by atoms with Crippen LogP contribution in [0.2, 0.25) is 0 Å². The van der Waals surface area contributed by atoms with Crippen LogP contribution in [-0.2, 0) is 4.79 Å². The van der Waals surface area contributed by atoms with Crippen molar-refractivity contribution >= 4 is 27.5 Å². The van der Waals surface area contributed by atoms with E-state index in [-0.39, 0.29) is 11.9 Å². The van der Waals surface area contributed by atoms with Gasteiger partial charge < -0.3 is 11.1 Å². The van der Waals surface area contributed by atoms with E-state index in [9.17, 15) is 4.79 Å². The molecular formula is C12H16BrN3O. The molecule has 1 heterocycles. The molecule has 0 aromatic heterocycles.